The first-order valence-electron chi connectivity index (χ1n) is 6.59. The second-order valence-corrected chi connectivity index (χ2v) is 4.76. The average molecular weight is 292 g/mol. The van der Waals surface area contributed by atoms with Crippen LogP contribution < -0.4 is 5.32 Å². The summed E-state index contributed by atoms with van der Waals surface area (Å²) in [4.78, 5) is 17.8. The molecular weight excluding hydrogens is 276 g/mol. The Morgan fingerprint density at radius 2 is 2.38 bits per heavy atom. The number of anilines is 1. The molecule has 9 nitrogen and oxygen atoms in total. The molecule has 1 unspecified atom stereocenters. The van der Waals surface area contributed by atoms with Gasteiger partial charge in [-0.25, -0.2) is 4.79 Å². The van der Waals surface area contributed by atoms with Crippen molar-refractivity contribution in [3.05, 3.63) is 23.8 Å². The molecule has 3 rings (SSSR count). The smallest absolute Gasteiger partial charge is 0.329 e. The standard InChI is InChI=1S/C12H16N6O3/c1-8-14-11(21-16-8)15-12(19)18-5-6-20-10(7-18)9-3-4-13-17(9)2/h3-4,10H,5-7H2,1-2H3,(H,14,15,16,19). The van der Waals surface area contributed by atoms with Gasteiger partial charge < -0.3 is 14.2 Å². The molecule has 1 saturated heterocycles. The van der Waals surface area contributed by atoms with Crippen LogP contribution in [-0.4, -0.2) is 50.5 Å². The van der Waals surface area contributed by atoms with Gasteiger partial charge in [-0.3, -0.25) is 10.00 Å². The van der Waals surface area contributed by atoms with Crippen LogP contribution >= 0.6 is 0 Å². The van der Waals surface area contributed by atoms with Crippen LogP contribution in [0, 0.1) is 6.92 Å². The van der Waals surface area contributed by atoms with Crippen LogP contribution in [0.25, 0.3) is 0 Å². The Morgan fingerprint density at radius 3 is 3.05 bits per heavy atom. The number of carbonyl (C=O) groups excluding carboxylic acids is 1. The SMILES string of the molecule is Cc1noc(NC(=O)N2CCOC(c3ccnn3C)C2)n1. The molecule has 0 bridgehead atoms. The zero-order valence-corrected chi connectivity index (χ0v) is 11.8. The molecule has 1 fully saturated rings. The second-order valence-electron chi connectivity index (χ2n) is 4.76. The van der Waals surface area contributed by atoms with Gasteiger partial charge in [-0.1, -0.05) is 5.16 Å². The summed E-state index contributed by atoms with van der Waals surface area (Å²) in [5.74, 6) is 0.472. The lowest BCUT2D eigenvalue weighted by Crippen LogP contribution is -2.44. The van der Waals surface area contributed by atoms with Crippen molar-refractivity contribution in [3.63, 3.8) is 0 Å². The summed E-state index contributed by atoms with van der Waals surface area (Å²) >= 11 is 0. The van der Waals surface area contributed by atoms with Crippen molar-refractivity contribution < 1.29 is 14.1 Å². The molecule has 21 heavy (non-hydrogen) atoms. The fourth-order valence-corrected chi connectivity index (χ4v) is 2.23. The van der Waals surface area contributed by atoms with Gasteiger partial charge in [0.25, 0.3) is 0 Å². The molecule has 1 N–H and O–H groups in total. The van der Waals surface area contributed by atoms with Crippen molar-refractivity contribution in [1.29, 1.82) is 0 Å². The van der Waals surface area contributed by atoms with Crippen molar-refractivity contribution >= 4 is 12.0 Å². The summed E-state index contributed by atoms with van der Waals surface area (Å²) in [7, 11) is 1.85. The van der Waals surface area contributed by atoms with Gasteiger partial charge in [-0.15, -0.1) is 0 Å². The number of urea groups is 1. The summed E-state index contributed by atoms with van der Waals surface area (Å²) < 4.78 is 12.3. The lowest BCUT2D eigenvalue weighted by Gasteiger charge is -2.32. The Kier molecular flexibility index (Phi) is 3.57. The van der Waals surface area contributed by atoms with E-state index >= 15 is 0 Å². The molecular formula is C12H16N6O3. The second kappa shape index (κ2) is 5.52. The lowest BCUT2D eigenvalue weighted by atomic mass is 10.2. The number of amides is 2. The Morgan fingerprint density at radius 1 is 1.52 bits per heavy atom. The molecule has 2 aromatic rings. The maximum Gasteiger partial charge on any atom is 0.329 e. The van der Waals surface area contributed by atoms with Gasteiger partial charge in [0.2, 0.25) is 0 Å². The van der Waals surface area contributed by atoms with E-state index in [2.05, 4.69) is 20.6 Å². The van der Waals surface area contributed by atoms with Gasteiger partial charge in [0.05, 0.1) is 18.8 Å². The third-order valence-corrected chi connectivity index (χ3v) is 3.28. The van der Waals surface area contributed by atoms with Crippen LogP contribution in [0.1, 0.15) is 17.6 Å². The topological polar surface area (TPSA) is 98.3 Å². The highest BCUT2D eigenvalue weighted by atomic mass is 16.5. The Labute approximate surface area is 120 Å². The number of carbonyl (C=O) groups is 1. The molecule has 2 amide bonds. The molecule has 1 aliphatic rings. The van der Waals surface area contributed by atoms with Crippen molar-refractivity contribution in [2.75, 3.05) is 25.0 Å². The highest BCUT2D eigenvalue weighted by Gasteiger charge is 2.27. The van der Waals surface area contributed by atoms with E-state index in [1.165, 1.54) is 0 Å². The quantitative estimate of drug-likeness (QED) is 0.875. The number of aryl methyl sites for hydroxylation is 2. The normalized spacial score (nSPS) is 18.8. The van der Waals surface area contributed by atoms with E-state index in [1.54, 1.807) is 22.7 Å². The Bertz CT molecular complexity index is 636. The van der Waals surface area contributed by atoms with Crippen LogP contribution in [0.15, 0.2) is 16.8 Å². The summed E-state index contributed by atoms with van der Waals surface area (Å²) in [6.07, 6.45) is 1.51. The van der Waals surface area contributed by atoms with E-state index in [-0.39, 0.29) is 18.1 Å². The van der Waals surface area contributed by atoms with Crippen LogP contribution in [0.2, 0.25) is 0 Å². The first-order valence-corrected chi connectivity index (χ1v) is 6.59. The molecule has 0 saturated carbocycles. The highest BCUT2D eigenvalue weighted by molar-refractivity contribution is 5.87. The molecule has 1 atom stereocenters. The van der Waals surface area contributed by atoms with Gasteiger partial charge >= 0.3 is 12.0 Å². The van der Waals surface area contributed by atoms with Gasteiger partial charge in [0.1, 0.15) is 6.10 Å². The van der Waals surface area contributed by atoms with Gasteiger partial charge in [-0.05, 0) is 13.0 Å². The van der Waals surface area contributed by atoms with E-state index in [9.17, 15) is 4.79 Å². The maximum absolute atomic E-state index is 12.2. The Hall–Kier alpha value is -2.42. The molecule has 112 valence electrons. The summed E-state index contributed by atoms with van der Waals surface area (Å²) in [5.41, 5.74) is 0.932. The summed E-state index contributed by atoms with van der Waals surface area (Å²) in [6.45, 7) is 3.10. The van der Waals surface area contributed by atoms with Crippen molar-refractivity contribution in [2.45, 2.75) is 13.0 Å². The zero-order valence-electron chi connectivity index (χ0n) is 11.8. The summed E-state index contributed by atoms with van der Waals surface area (Å²) in [5, 5.41) is 10.3. The minimum Gasteiger partial charge on any atom is -0.368 e. The Balaban J connectivity index is 1.65. The van der Waals surface area contributed by atoms with Gasteiger partial charge in [-0.2, -0.15) is 10.1 Å². The monoisotopic (exact) mass is 292 g/mol. The molecule has 2 aromatic heterocycles. The largest absolute Gasteiger partial charge is 0.368 e. The predicted molar refractivity (Wildman–Crippen MR) is 71.5 cm³/mol. The molecule has 3 heterocycles. The number of hydrogen-bond acceptors (Lipinski definition) is 6. The maximum atomic E-state index is 12.2. The fraction of sp³-hybridized carbons (Fsp3) is 0.500. The molecule has 9 heteroatoms. The van der Waals surface area contributed by atoms with Gasteiger partial charge in [0, 0.05) is 19.8 Å². The number of nitrogens with one attached hydrogen (secondary N) is 1. The van der Waals surface area contributed by atoms with E-state index in [0.717, 1.165) is 5.69 Å². The van der Waals surface area contributed by atoms with Crippen LogP contribution in [0.5, 0.6) is 0 Å². The van der Waals surface area contributed by atoms with Crippen molar-refractivity contribution in [3.8, 4) is 0 Å². The molecule has 0 aliphatic carbocycles. The van der Waals surface area contributed by atoms with Crippen LogP contribution in [0.4, 0.5) is 10.8 Å². The van der Waals surface area contributed by atoms with Crippen molar-refractivity contribution in [1.82, 2.24) is 24.8 Å². The number of morpholine rings is 1. The molecule has 0 spiro atoms. The third-order valence-electron chi connectivity index (χ3n) is 3.28. The zero-order chi connectivity index (χ0) is 14.8. The minimum absolute atomic E-state index is 0.0982. The highest BCUT2D eigenvalue weighted by Crippen LogP contribution is 2.21. The molecule has 0 aromatic carbocycles. The number of nitrogens with zero attached hydrogens (tertiary/aromatic N) is 5. The van der Waals surface area contributed by atoms with E-state index in [4.69, 9.17) is 9.26 Å². The molecule has 1 aliphatic heterocycles. The minimum atomic E-state index is -0.283. The third kappa shape index (κ3) is 2.87. The number of rotatable bonds is 2. The molecule has 0 radical (unpaired) electrons. The first-order chi connectivity index (χ1) is 10.1. The van der Waals surface area contributed by atoms with Crippen LogP contribution in [0.3, 0.4) is 0 Å². The van der Waals surface area contributed by atoms with E-state index in [0.29, 0.717) is 25.5 Å². The van der Waals surface area contributed by atoms with Crippen molar-refractivity contribution in [2.24, 2.45) is 7.05 Å². The number of aromatic nitrogens is 4. The van der Waals surface area contributed by atoms with Crippen LogP contribution in [-0.2, 0) is 11.8 Å². The lowest BCUT2D eigenvalue weighted by molar-refractivity contribution is -0.0176. The first kappa shape index (κ1) is 13.6. The predicted octanol–water partition coefficient (Wildman–Crippen LogP) is 0.717. The van der Waals surface area contributed by atoms with Gasteiger partial charge in [0.15, 0.2) is 5.82 Å². The fourth-order valence-electron chi connectivity index (χ4n) is 2.23. The number of hydrogen-bond donors (Lipinski definition) is 1. The van der Waals surface area contributed by atoms with E-state index in [1.807, 2.05) is 13.1 Å². The summed E-state index contributed by atoms with van der Waals surface area (Å²) in [6, 6.07) is 1.70. The average Bonchev–Trinajstić information content (AvgIpc) is 3.07. The van der Waals surface area contributed by atoms with E-state index < -0.39 is 0 Å². The number of ether oxygens (including phenoxy) is 1.